The predicted molar refractivity (Wildman–Crippen MR) is 162 cm³/mol. The van der Waals surface area contributed by atoms with Crippen LogP contribution in [0.3, 0.4) is 0 Å². The Morgan fingerprint density at radius 1 is 1.29 bits per heavy atom. The number of ether oxygens (including phenoxy) is 2. The van der Waals surface area contributed by atoms with Gasteiger partial charge in [-0.15, -0.1) is 11.3 Å². The molecule has 0 aliphatic heterocycles. The summed E-state index contributed by atoms with van der Waals surface area (Å²) in [5.74, 6) is 1.59. The largest absolute Gasteiger partial charge is 0.493 e. The van der Waals surface area contributed by atoms with E-state index in [0.717, 1.165) is 34.9 Å². The van der Waals surface area contributed by atoms with Crippen LogP contribution in [-0.2, 0) is 12.8 Å². The maximum Gasteiger partial charge on any atom is 0.259 e. The highest BCUT2D eigenvalue weighted by Gasteiger charge is 2.33. The molecule has 1 heterocycles. The number of aliphatic imine (C=N–C) groups is 1. The second-order valence-corrected chi connectivity index (χ2v) is 12.7. The van der Waals surface area contributed by atoms with Gasteiger partial charge in [-0.1, -0.05) is 45.0 Å². The fourth-order valence-electron chi connectivity index (χ4n) is 4.59. The predicted octanol–water partition coefficient (Wildman–Crippen LogP) is 8.89. The fourth-order valence-corrected chi connectivity index (χ4v) is 6.56. The average molecular weight is 616 g/mol. The molecule has 0 saturated carbocycles. The van der Waals surface area contributed by atoms with E-state index in [4.69, 9.17) is 26.1 Å². The summed E-state index contributed by atoms with van der Waals surface area (Å²) in [6, 6.07) is 10.9. The lowest BCUT2D eigenvalue weighted by Gasteiger charge is -2.33. The number of methoxy groups -OCH3 is 1. The maximum absolute atomic E-state index is 13.6. The second kappa shape index (κ2) is 12.1. The van der Waals surface area contributed by atoms with E-state index in [1.807, 2.05) is 12.1 Å². The van der Waals surface area contributed by atoms with Crippen LogP contribution in [0.15, 0.2) is 58.5 Å². The van der Waals surface area contributed by atoms with Gasteiger partial charge in [0.15, 0.2) is 11.5 Å². The van der Waals surface area contributed by atoms with Crippen molar-refractivity contribution in [1.29, 1.82) is 0 Å². The van der Waals surface area contributed by atoms with E-state index in [1.165, 1.54) is 4.88 Å². The molecular formula is C30H32BrClN2O3S. The number of thiophene rings is 1. The summed E-state index contributed by atoms with van der Waals surface area (Å²) in [4.78, 5) is 19.7. The lowest BCUT2D eigenvalue weighted by Crippen LogP contribution is -2.27. The van der Waals surface area contributed by atoms with Crippen LogP contribution in [0.5, 0.6) is 11.5 Å². The Balaban J connectivity index is 1.70. The van der Waals surface area contributed by atoms with E-state index in [2.05, 4.69) is 48.6 Å². The molecule has 1 amide bonds. The monoisotopic (exact) mass is 614 g/mol. The number of carbonyl (C=O) groups is 1. The van der Waals surface area contributed by atoms with Crippen molar-refractivity contribution in [3.8, 4) is 11.5 Å². The molecule has 3 aromatic rings. The topological polar surface area (TPSA) is 59.9 Å². The van der Waals surface area contributed by atoms with E-state index >= 15 is 0 Å². The maximum atomic E-state index is 13.6. The molecule has 38 heavy (non-hydrogen) atoms. The lowest BCUT2D eigenvalue weighted by molar-refractivity contribution is 0.102. The minimum Gasteiger partial charge on any atom is -0.493 e. The van der Waals surface area contributed by atoms with Gasteiger partial charge in [0.05, 0.1) is 17.1 Å². The highest BCUT2D eigenvalue weighted by molar-refractivity contribution is 9.10. The van der Waals surface area contributed by atoms with Gasteiger partial charge < -0.3 is 14.8 Å². The van der Waals surface area contributed by atoms with E-state index in [9.17, 15) is 4.79 Å². The van der Waals surface area contributed by atoms with Crippen LogP contribution < -0.4 is 14.8 Å². The Morgan fingerprint density at radius 3 is 2.68 bits per heavy atom. The van der Waals surface area contributed by atoms with Crippen LogP contribution >= 0.6 is 38.9 Å². The number of hydrogen-bond acceptors (Lipinski definition) is 5. The molecule has 1 aliphatic rings. The molecule has 5 nitrogen and oxygen atoms in total. The van der Waals surface area contributed by atoms with Gasteiger partial charge >= 0.3 is 0 Å². The summed E-state index contributed by atoms with van der Waals surface area (Å²) in [6.45, 7) is 10.9. The van der Waals surface area contributed by atoms with Crippen molar-refractivity contribution in [3.05, 3.63) is 80.1 Å². The molecule has 1 aliphatic carbocycles. The number of fused-ring (bicyclic) bond motifs is 1. The van der Waals surface area contributed by atoms with Crippen LogP contribution in [0.25, 0.3) is 0 Å². The summed E-state index contributed by atoms with van der Waals surface area (Å²) < 4.78 is 12.0. The zero-order valence-electron chi connectivity index (χ0n) is 22.1. The van der Waals surface area contributed by atoms with E-state index in [-0.39, 0.29) is 11.3 Å². The highest BCUT2D eigenvalue weighted by Crippen LogP contribution is 2.45. The summed E-state index contributed by atoms with van der Waals surface area (Å²) in [7, 11) is 1.60. The first-order valence-corrected chi connectivity index (χ1v) is 14.5. The third-order valence-corrected chi connectivity index (χ3v) is 8.73. The van der Waals surface area contributed by atoms with Gasteiger partial charge in [0.1, 0.15) is 11.6 Å². The van der Waals surface area contributed by atoms with Crippen LogP contribution in [0.2, 0.25) is 5.02 Å². The number of halogens is 2. The van der Waals surface area contributed by atoms with Gasteiger partial charge in [0, 0.05) is 21.8 Å². The molecule has 1 atom stereocenters. The molecule has 0 saturated heterocycles. The normalized spacial score (nSPS) is 15.3. The third-order valence-electron chi connectivity index (χ3n) is 6.73. The van der Waals surface area contributed by atoms with Gasteiger partial charge in [-0.3, -0.25) is 4.79 Å². The van der Waals surface area contributed by atoms with Gasteiger partial charge in [0.25, 0.3) is 5.91 Å². The Labute approximate surface area is 242 Å². The first-order valence-electron chi connectivity index (χ1n) is 12.5. The van der Waals surface area contributed by atoms with Crippen LogP contribution in [0.4, 0.5) is 10.7 Å². The zero-order chi connectivity index (χ0) is 27.4. The van der Waals surface area contributed by atoms with Crippen LogP contribution in [-0.4, -0.2) is 25.8 Å². The number of nitrogens with one attached hydrogen (secondary N) is 1. The number of carbonyl (C=O) groups excluding carboxylic acids is 1. The molecule has 0 fully saturated rings. The Bertz CT molecular complexity index is 1360. The summed E-state index contributed by atoms with van der Waals surface area (Å²) >= 11 is 11.2. The van der Waals surface area contributed by atoms with Crippen LogP contribution in [0, 0.1) is 11.3 Å². The molecule has 0 unspecified atom stereocenters. The third kappa shape index (κ3) is 6.50. The van der Waals surface area contributed by atoms with Gasteiger partial charge in [0.2, 0.25) is 0 Å². The molecule has 200 valence electrons. The van der Waals surface area contributed by atoms with Crippen LogP contribution in [0.1, 0.15) is 53.6 Å². The van der Waals surface area contributed by atoms with Gasteiger partial charge in [-0.25, -0.2) is 4.99 Å². The Morgan fingerprint density at radius 2 is 2.03 bits per heavy atom. The van der Waals surface area contributed by atoms with Crippen molar-refractivity contribution in [2.45, 2.75) is 40.0 Å². The molecular weight excluding hydrogens is 584 g/mol. The standard InChI is InChI=1S/C30H32BrClN2O3S/c1-6-13-37-27-23(31)14-18(15-24(27)36-5)17-33-29-26(28(35)34-21-10-8-20(32)9-11-21)22-12-7-19(30(2,3)4)16-25(22)38-29/h6,8-11,14-15,17,19H,1,7,12-13,16H2,2-5H3,(H,34,35)/t19-/m0/s1. The minimum absolute atomic E-state index is 0.155. The molecule has 8 heteroatoms. The smallest absolute Gasteiger partial charge is 0.259 e. The SMILES string of the molecule is C=CCOc1c(Br)cc(C=Nc2sc3c(c2C(=O)Nc2ccc(Cl)cc2)CC[C@H](C(C)(C)C)C3)cc1OC. The average Bonchev–Trinajstić information content (AvgIpc) is 3.25. The number of hydrogen-bond donors (Lipinski definition) is 1. The number of anilines is 1. The number of nitrogens with zero attached hydrogens (tertiary/aromatic N) is 1. The van der Waals surface area contributed by atoms with Gasteiger partial charge in [-0.2, -0.15) is 0 Å². The molecule has 1 aromatic heterocycles. The van der Waals surface area contributed by atoms with Crippen molar-refractivity contribution in [3.63, 3.8) is 0 Å². The van der Waals surface area contributed by atoms with Crippen molar-refractivity contribution >= 4 is 61.7 Å². The molecule has 4 rings (SSSR count). The minimum atomic E-state index is -0.155. The Kier molecular flexibility index (Phi) is 9.01. The Hall–Kier alpha value is -2.61. The molecule has 0 bridgehead atoms. The number of amides is 1. The highest BCUT2D eigenvalue weighted by atomic mass is 79.9. The van der Waals surface area contributed by atoms with Gasteiger partial charge in [-0.05, 0) is 94.1 Å². The first kappa shape index (κ1) is 28.4. The fraction of sp³-hybridized carbons (Fsp3) is 0.333. The zero-order valence-corrected chi connectivity index (χ0v) is 25.2. The summed E-state index contributed by atoms with van der Waals surface area (Å²) in [5.41, 5.74) is 3.49. The second-order valence-electron chi connectivity index (χ2n) is 10.3. The van der Waals surface area contributed by atoms with Crippen molar-refractivity contribution < 1.29 is 14.3 Å². The van der Waals surface area contributed by atoms with Crippen molar-refractivity contribution in [2.75, 3.05) is 19.0 Å². The van der Waals surface area contributed by atoms with Crippen molar-refractivity contribution in [2.24, 2.45) is 16.3 Å². The van der Waals surface area contributed by atoms with E-state index < -0.39 is 0 Å². The molecule has 0 radical (unpaired) electrons. The lowest BCUT2D eigenvalue weighted by atomic mass is 9.72. The van der Waals surface area contributed by atoms with E-state index in [0.29, 0.717) is 45.3 Å². The number of benzene rings is 2. The molecule has 0 spiro atoms. The summed E-state index contributed by atoms with van der Waals surface area (Å²) in [5, 5.41) is 4.37. The van der Waals surface area contributed by atoms with E-state index in [1.54, 1.807) is 55.0 Å². The molecule has 2 aromatic carbocycles. The molecule has 1 N–H and O–H groups in total. The number of rotatable bonds is 8. The summed E-state index contributed by atoms with van der Waals surface area (Å²) in [6.07, 6.45) is 6.31. The first-order chi connectivity index (χ1) is 18.1. The van der Waals surface area contributed by atoms with Crippen molar-refractivity contribution in [1.82, 2.24) is 0 Å². The quantitative estimate of drug-likeness (QED) is 0.203.